The number of aromatic nitrogens is 1. The van der Waals surface area contributed by atoms with Gasteiger partial charge in [-0.25, -0.2) is 4.98 Å². The molecule has 0 aliphatic carbocycles. The van der Waals surface area contributed by atoms with Crippen LogP contribution in [0.4, 0.5) is 0 Å². The van der Waals surface area contributed by atoms with E-state index in [4.69, 9.17) is 4.98 Å². The van der Waals surface area contributed by atoms with Crippen LogP contribution in [0, 0.1) is 0 Å². The third-order valence-corrected chi connectivity index (χ3v) is 4.46. The largest absolute Gasteiger partial charge is 0.247 e. The van der Waals surface area contributed by atoms with Crippen molar-refractivity contribution in [3.05, 3.63) is 89.4 Å². The summed E-state index contributed by atoms with van der Waals surface area (Å²) < 4.78 is 1.07. The van der Waals surface area contributed by atoms with E-state index in [9.17, 15) is 0 Å². The van der Waals surface area contributed by atoms with Gasteiger partial charge in [-0.05, 0) is 29.8 Å². The Hall–Kier alpha value is -2.45. The lowest BCUT2D eigenvalue weighted by molar-refractivity contribution is 1.39. The fourth-order valence-electron chi connectivity index (χ4n) is 2.78. The Kier molecular flexibility index (Phi) is 3.68. The lowest BCUT2D eigenvalue weighted by Gasteiger charge is -2.11. The van der Waals surface area contributed by atoms with Crippen molar-refractivity contribution in [1.82, 2.24) is 4.98 Å². The lowest BCUT2D eigenvalue weighted by atomic mass is 9.97. The van der Waals surface area contributed by atoms with E-state index in [1.165, 1.54) is 5.56 Å². The molecule has 1 aromatic heterocycles. The molecule has 1 nitrogen and oxygen atoms in total. The molecular formula is C21H14BrN. The van der Waals surface area contributed by atoms with Crippen LogP contribution in [0.3, 0.4) is 0 Å². The highest BCUT2D eigenvalue weighted by atomic mass is 79.9. The first-order valence-corrected chi connectivity index (χ1v) is 8.32. The van der Waals surface area contributed by atoms with Crippen molar-refractivity contribution in [3.63, 3.8) is 0 Å². The van der Waals surface area contributed by atoms with Gasteiger partial charge in [0.2, 0.25) is 0 Å². The third kappa shape index (κ3) is 2.78. The Morgan fingerprint density at radius 2 is 1.35 bits per heavy atom. The van der Waals surface area contributed by atoms with Crippen LogP contribution < -0.4 is 0 Å². The summed E-state index contributed by atoms with van der Waals surface area (Å²) in [5.41, 5.74) is 5.50. The van der Waals surface area contributed by atoms with Crippen molar-refractivity contribution in [3.8, 4) is 22.4 Å². The number of hydrogen-bond acceptors (Lipinski definition) is 1. The number of hydrogen-bond donors (Lipinski definition) is 0. The molecule has 4 aromatic rings. The van der Waals surface area contributed by atoms with E-state index in [0.717, 1.165) is 32.2 Å². The van der Waals surface area contributed by atoms with Crippen LogP contribution in [0.5, 0.6) is 0 Å². The smallest absolute Gasteiger partial charge is 0.0788 e. The number of rotatable bonds is 2. The predicted octanol–water partition coefficient (Wildman–Crippen LogP) is 6.33. The van der Waals surface area contributed by atoms with Gasteiger partial charge in [-0.15, -0.1) is 0 Å². The van der Waals surface area contributed by atoms with Gasteiger partial charge in [0.15, 0.2) is 0 Å². The van der Waals surface area contributed by atoms with Crippen LogP contribution in [-0.4, -0.2) is 4.98 Å². The van der Waals surface area contributed by atoms with Crippen molar-refractivity contribution in [2.24, 2.45) is 0 Å². The van der Waals surface area contributed by atoms with E-state index in [2.05, 4.69) is 88.7 Å². The van der Waals surface area contributed by atoms with E-state index in [0.29, 0.717) is 0 Å². The molecule has 0 fully saturated rings. The van der Waals surface area contributed by atoms with Gasteiger partial charge in [0.1, 0.15) is 0 Å². The fraction of sp³-hybridized carbons (Fsp3) is 0. The number of pyridine rings is 1. The Bertz CT molecular complexity index is 960. The van der Waals surface area contributed by atoms with Gasteiger partial charge < -0.3 is 0 Å². The molecular weight excluding hydrogens is 346 g/mol. The Morgan fingerprint density at radius 1 is 0.652 bits per heavy atom. The number of para-hydroxylation sites is 1. The molecule has 0 amide bonds. The average molecular weight is 360 g/mol. The van der Waals surface area contributed by atoms with Crippen molar-refractivity contribution in [2.45, 2.75) is 0 Å². The zero-order chi connectivity index (χ0) is 15.6. The molecule has 1 heterocycles. The molecule has 4 rings (SSSR count). The van der Waals surface area contributed by atoms with Gasteiger partial charge in [0, 0.05) is 21.0 Å². The summed E-state index contributed by atoms with van der Waals surface area (Å²) in [6.45, 7) is 0. The highest BCUT2D eigenvalue weighted by molar-refractivity contribution is 9.10. The maximum Gasteiger partial charge on any atom is 0.0788 e. The van der Waals surface area contributed by atoms with Crippen LogP contribution in [-0.2, 0) is 0 Å². The predicted molar refractivity (Wildman–Crippen MR) is 100 cm³/mol. The zero-order valence-electron chi connectivity index (χ0n) is 12.4. The molecule has 0 radical (unpaired) electrons. The minimum absolute atomic E-state index is 1.02. The monoisotopic (exact) mass is 359 g/mol. The van der Waals surface area contributed by atoms with Gasteiger partial charge in [-0.2, -0.15) is 0 Å². The molecule has 0 atom stereocenters. The van der Waals surface area contributed by atoms with Gasteiger partial charge in [-0.1, -0.05) is 76.6 Å². The highest BCUT2D eigenvalue weighted by Gasteiger charge is 2.11. The summed E-state index contributed by atoms with van der Waals surface area (Å²) >= 11 is 3.50. The first-order chi connectivity index (χ1) is 11.3. The van der Waals surface area contributed by atoms with Gasteiger partial charge in [-0.3, -0.25) is 0 Å². The maximum absolute atomic E-state index is 4.94. The molecule has 0 saturated carbocycles. The fourth-order valence-corrected chi connectivity index (χ4v) is 3.05. The number of fused-ring (bicyclic) bond motifs is 1. The second kappa shape index (κ2) is 5.98. The maximum atomic E-state index is 4.94. The SMILES string of the molecule is Brc1ccc(-c2nc3ccccc3cc2-c2ccccc2)cc1. The number of halogens is 1. The Balaban J connectivity index is 2.02. The minimum Gasteiger partial charge on any atom is -0.247 e. The standard InChI is InChI=1S/C21H14BrN/c22-18-12-10-16(11-13-18)21-19(15-6-2-1-3-7-15)14-17-8-4-5-9-20(17)23-21/h1-14H. The molecule has 0 N–H and O–H groups in total. The third-order valence-electron chi connectivity index (χ3n) is 3.93. The normalized spacial score (nSPS) is 10.8. The van der Waals surface area contributed by atoms with Crippen LogP contribution >= 0.6 is 15.9 Å². The van der Waals surface area contributed by atoms with E-state index in [-0.39, 0.29) is 0 Å². The summed E-state index contributed by atoms with van der Waals surface area (Å²) in [5, 5.41) is 1.16. The first-order valence-electron chi connectivity index (χ1n) is 7.52. The van der Waals surface area contributed by atoms with Gasteiger partial charge in [0.05, 0.1) is 11.2 Å². The quantitative estimate of drug-likeness (QED) is 0.407. The molecule has 0 aliphatic heterocycles. The van der Waals surface area contributed by atoms with Crippen molar-refractivity contribution < 1.29 is 0 Å². The summed E-state index contributed by atoms with van der Waals surface area (Å²) in [4.78, 5) is 4.94. The molecule has 110 valence electrons. The van der Waals surface area contributed by atoms with Crippen molar-refractivity contribution in [1.29, 1.82) is 0 Å². The molecule has 3 aromatic carbocycles. The highest BCUT2D eigenvalue weighted by Crippen LogP contribution is 2.33. The Morgan fingerprint density at radius 3 is 2.13 bits per heavy atom. The molecule has 2 heteroatoms. The molecule has 0 unspecified atom stereocenters. The Labute approximate surface area is 143 Å². The second-order valence-electron chi connectivity index (χ2n) is 5.45. The summed E-state index contributed by atoms with van der Waals surface area (Å²) in [7, 11) is 0. The van der Waals surface area contributed by atoms with Crippen LogP contribution in [0.15, 0.2) is 89.4 Å². The molecule has 0 spiro atoms. The van der Waals surface area contributed by atoms with Crippen molar-refractivity contribution in [2.75, 3.05) is 0 Å². The molecule has 0 aliphatic rings. The molecule has 23 heavy (non-hydrogen) atoms. The van der Waals surface area contributed by atoms with E-state index < -0.39 is 0 Å². The lowest BCUT2D eigenvalue weighted by Crippen LogP contribution is -1.91. The van der Waals surface area contributed by atoms with Crippen molar-refractivity contribution >= 4 is 26.8 Å². The molecule has 0 bridgehead atoms. The van der Waals surface area contributed by atoms with Crippen LogP contribution in [0.25, 0.3) is 33.3 Å². The first kappa shape index (κ1) is 14.2. The van der Waals surface area contributed by atoms with Gasteiger partial charge >= 0.3 is 0 Å². The summed E-state index contributed by atoms with van der Waals surface area (Å²) in [6, 6.07) is 29.2. The van der Waals surface area contributed by atoms with Crippen LogP contribution in [0.1, 0.15) is 0 Å². The number of nitrogens with zero attached hydrogens (tertiary/aromatic N) is 1. The summed E-state index contributed by atoms with van der Waals surface area (Å²) in [6.07, 6.45) is 0. The van der Waals surface area contributed by atoms with Gasteiger partial charge in [0.25, 0.3) is 0 Å². The second-order valence-corrected chi connectivity index (χ2v) is 6.37. The average Bonchev–Trinajstić information content (AvgIpc) is 2.62. The van der Waals surface area contributed by atoms with Crippen LogP contribution in [0.2, 0.25) is 0 Å². The van der Waals surface area contributed by atoms with E-state index in [1.807, 2.05) is 12.1 Å². The zero-order valence-corrected chi connectivity index (χ0v) is 14.0. The molecule has 0 saturated heterocycles. The topological polar surface area (TPSA) is 12.9 Å². The number of benzene rings is 3. The van der Waals surface area contributed by atoms with E-state index >= 15 is 0 Å². The summed E-state index contributed by atoms with van der Waals surface area (Å²) in [5.74, 6) is 0. The minimum atomic E-state index is 1.02. The van der Waals surface area contributed by atoms with E-state index in [1.54, 1.807) is 0 Å².